The number of amides is 2. The van der Waals surface area contributed by atoms with Gasteiger partial charge >= 0.3 is 0 Å². The number of rotatable bonds is 13. The van der Waals surface area contributed by atoms with Crippen molar-refractivity contribution in [2.45, 2.75) is 33.7 Å². The lowest BCUT2D eigenvalue weighted by Gasteiger charge is -2.14. The summed E-state index contributed by atoms with van der Waals surface area (Å²) in [6.07, 6.45) is 0.882. The van der Waals surface area contributed by atoms with Gasteiger partial charge < -0.3 is 29.6 Å². The second-order valence-corrected chi connectivity index (χ2v) is 6.85. The van der Waals surface area contributed by atoms with Crippen LogP contribution in [0.1, 0.15) is 43.1 Å². The van der Waals surface area contributed by atoms with Crippen LogP contribution in [0.2, 0.25) is 0 Å². The monoisotopic (exact) mass is 444 g/mol. The molecule has 0 saturated carbocycles. The number of hydrogen-bond donors (Lipinski definition) is 2. The lowest BCUT2D eigenvalue weighted by atomic mass is 10.1. The SMILES string of the molecule is CCCOc1ccc(C(=O)NCc2ccc(OCC(=O)NCC)c(OC)c2)cc1OCC. The van der Waals surface area contributed by atoms with Gasteiger partial charge in [0, 0.05) is 18.7 Å². The van der Waals surface area contributed by atoms with Crippen LogP contribution in [0.3, 0.4) is 0 Å². The van der Waals surface area contributed by atoms with Crippen molar-refractivity contribution >= 4 is 11.8 Å². The van der Waals surface area contributed by atoms with Crippen molar-refractivity contribution in [1.82, 2.24) is 10.6 Å². The van der Waals surface area contributed by atoms with Gasteiger partial charge in [-0.1, -0.05) is 13.0 Å². The molecule has 0 unspecified atom stereocenters. The van der Waals surface area contributed by atoms with E-state index in [4.69, 9.17) is 18.9 Å². The fourth-order valence-corrected chi connectivity index (χ4v) is 2.87. The molecule has 0 aliphatic heterocycles. The molecule has 0 aliphatic rings. The molecule has 0 spiro atoms. The van der Waals surface area contributed by atoms with Gasteiger partial charge in [-0.25, -0.2) is 0 Å². The van der Waals surface area contributed by atoms with Crippen molar-refractivity contribution < 1.29 is 28.5 Å². The second-order valence-electron chi connectivity index (χ2n) is 6.85. The van der Waals surface area contributed by atoms with Gasteiger partial charge in [0.2, 0.25) is 0 Å². The zero-order chi connectivity index (χ0) is 23.3. The Morgan fingerprint density at radius 3 is 2.28 bits per heavy atom. The Labute approximate surface area is 189 Å². The van der Waals surface area contributed by atoms with Crippen LogP contribution < -0.4 is 29.6 Å². The topological polar surface area (TPSA) is 95.1 Å². The molecule has 2 rings (SSSR count). The van der Waals surface area contributed by atoms with Crippen LogP contribution in [0.4, 0.5) is 0 Å². The van der Waals surface area contributed by atoms with E-state index >= 15 is 0 Å². The van der Waals surface area contributed by atoms with E-state index in [1.165, 1.54) is 7.11 Å². The zero-order valence-corrected chi connectivity index (χ0v) is 19.2. The molecule has 2 aromatic rings. The molecule has 32 heavy (non-hydrogen) atoms. The Morgan fingerprint density at radius 1 is 0.844 bits per heavy atom. The number of methoxy groups -OCH3 is 1. The molecule has 174 valence electrons. The molecular weight excluding hydrogens is 412 g/mol. The maximum atomic E-state index is 12.7. The predicted octanol–water partition coefficient (Wildman–Crippen LogP) is 3.33. The Bertz CT molecular complexity index is 900. The molecule has 0 heterocycles. The van der Waals surface area contributed by atoms with E-state index in [-0.39, 0.29) is 18.4 Å². The van der Waals surface area contributed by atoms with E-state index in [2.05, 4.69) is 10.6 Å². The number of benzene rings is 2. The molecule has 0 atom stereocenters. The van der Waals surface area contributed by atoms with Crippen LogP contribution >= 0.6 is 0 Å². The molecule has 8 heteroatoms. The third kappa shape index (κ3) is 7.37. The smallest absolute Gasteiger partial charge is 0.257 e. The highest BCUT2D eigenvalue weighted by Crippen LogP contribution is 2.29. The van der Waals surface area contributed by atoms with Gasteiger partial charge in [-0.15, -0.1) is 0 Å². The summed E-state index contributed by atoms with van der Waals surface area (Å²) in [6.45, 7) is 7.54. The summed E-state index contributed by atoms with van der Waals surface area (Å²) in [5.41, 5.74) is 1.31. The zero-order valence-electron chi connectivity index (χ0n) is 19.2. The highest BCUT2D eigenvalue weighted by atomic mass is 16.5. The largest absolute Gasteiger partial charge is 0.493 e. The van der Waals surface area contributed by atoms with E-state index < -0.39 is 0 Å². The molecule has 0 fully saturated rings. The summed E-state index contributed by atoms with van der Waals surface area (Å²) in [6, 6.07) is 10.4. The predicted molar refractivity (Wildman–Crippen MR) is 122 cm³/mol. The third-order valence-electron chi connectivity index (χ3n) is 4.38. The van der Waals surface area contributed by atoms with Gasteiger partial charge in [0.05, 0.1) is 20.3 Å². The third-order valence-corrected chi connectivity index (χ3v) is 4.38. The first kappa shape index (κ1) is 24.8. The van der Waals surface area contributed by atoms with Crippen LogP contribution in [0.15, 0.2) is 36.4 Å². The van der Waals surface area contributed by atoms with Crippen LogP contribution in [0, 0.1) is 0 Å². The van der Waals surface area contributed by atoms with Crippen LogP contribution in [0.25, 0.3) is 0 Å². The van der Waals surface area contributed by atoms with Gasteiger partial charge in [0.15, 0.2) is 29.6 Å². The van der Waals surface area contributed by atoms with Crippen molar-refractivity contribution in [2.75, 3.05) is 33.5 Å². The summed E-state index contributed by atoms with van der Waals surface area (Å²) in [4.78, 5) is 24.2. The quantitative estimate of drug-likeness (QED) is 0.492. The lowest BCUT2D eigenvalue weighted by Crippen LogP contribution is -2.28. The van der Waals surface area contributed by atoms with Gasteiger partial charge in [-0.3, -0.25) is 9.59 Å². The highest BCUT2D eigenvalue weighted by Gasteiger charge is 2.13. The average Bonchev–Trinajstić information content (AvgIpc) is 2.80. The molecule has 8 nitrogen and oxygen atoms in total. The van der Waals surface area contributed by atoms with E-state index in [1.807, 2.05) is 26.8 Å². The standard InChI is InChI=1S/C24H32N2O6/c1-5-12-31-20-11-9-18(14-22(20)30-7-3)24(28)26-15-17-8-10-19(21(13-17)29-4)32-16-23(27)25-6-2/h8-11,13-14H,5-7,12,15-16H2,1-4H3,(H,25,27)(H,26,28). The number of ether oxygens (including phenoxy) is 4. The maximum absolute atomic E-state index is 12.7. The fraction of sp³-hybridized carbons (Fsp3) is 0.417. The second kappa shape index (κ2) is 13.1. The Morgan fingerprint density at radius 2 is 1.59 bits per heavy atom. The van der Waals surface area contributed by atoms with Gasteiger partial charge in [0.25, 0.3) is 11.8 Å². The van der Waals surface area contributed by atoms with Crippen LogP contribution in [-0.4, -0.2) is 45.3 Å². The summed E-state index contributed by atoms with van der Waals surface area (Å²) in [5, 5.41) is 5.56. The number of nitrogens with one attached hydrogen (secondary N) is 2. The minimum absolute atomic E-state index is 0.0968. The minimum atomic E-state index is -0.233. The molecule has 0 aliphatic carbocycles. The molecule has 2 N–H and O–H groups in total. The Hall–Kier alpha value is -3.42. The summed E-state index contributed by atoms with van der Waals surface area (Å²) in [5.74, 6) is 1.67. The molecular formula is C24H32N2O6. The number of carbonyl (C=O) groups excluding carboxylic acids is 2. The number of carbonyl (C=O) groups is 2. The van der Waals surface area contributed by atoms with E-state index in [1.54, 1.807) is 30.3 Å². The first-order valence-electron chi connectivity index (χ1n) is 10.8. The van der Waals surface area contributed by atoms with Gasteiger partial charge in [0.1, 0.15) is 0 Å². The molecule has 2 amide bonds. The molecule has 2 aromatic carbocycles. The van der Waals surface area contributed by atoms with Crippen molar-refractivity contribution in [3.63, 3.8) is 0 Å². The Balaban J connectivity index is 2.02. The van der Waals surface area contributed by atoms with Crippen molar-refractivity contribution in [3.05, 3.63) is 47.5 Å². The molecule has 0 bridgehead atoms. The van der Waals surface area contributed by atoms with Crippen molar-refractivity contribution in [3.8, 4) is 23.0 Å². The number of hydrogen-bond acceptors (Lipinski definition) is 6. The summed E-state index contributed by atoms with van der Waals surface area (Å²) >= 11 is 0. The van der Waals surface area contributed by atoms with E-state index in [9.17, 15) is 9.59 Å². The van der Waals surface area contributed by atoms with Crippen molar-refractivity contribution in [2.24, 2.45) is 0 Å². The fourth-order valence-electron chi connectivity index (χ4n) is 2.87. The van der Waals surface area contributed by atoms with Gasteiger partial charge in [-0.2, -0.15) is 0 Å². The highest BCUT2D eigenvalue weighted by molar-refractivity contribution is 5.94. The van der Waals surface area contributed by atoms with E-state index in [0.29, 0.717) is 54.9 Å². The minimum Gasteiger partial charge on any atom is -0.493 e. The first-order chi connectivity index (χ1) is 15.5. The van der Waals surface area contributed by atoms with Crippen LogP contribution in [-0.2, 0) is 11.3 Å². The molecule has 0 radical (unpaired) electrons. The van der Waals surface area contributed by atoms with E-state index in [0.717, 1.165) is 12.0 Å². The molecule has 0 saturated heterocycles. The normalized spacial score (nSPS) is 10.2. The summed E-state index contributed by atoms with van der Waals surface area (Å²) < 4.78 is 22.2. The maximum Gasteiger partial charge on any atom is 0.257 e. The van der Waals surface area contributed by atoms with Crippen molar-refractivity contribution in [1.29, 1.82) is 0 Å². The first-order valence-corrected chi connectivity index (χ1v) is 10.8. The van der Waals surface area contributed by atoms with Gasteiger partial charge in [-0.05, 0) is 56.2 Å². The number of likely N-dealkylation sites (N-methyl/N-ethyl adjacent to an activating group) is 1. The summed E-state index contributed by atoms with van der Waals surface area (Å²) in [7, 11) is 1.52. The molecule has 0 aromatic heterocycles. The Kier molecular flexibility index (Phi) is 10.2. The van der Waals surface area contributed by atoms with Crippen LogP contribution in [0.5, 0.6) is 23.0 Å². The lowest BCUT2D eigenvalue weighted by molar-refractivity contribution is -0.123. The average molecular weight is 445 g/mol.